The van der Waals surface area contributed by atoms with E-state index in [4.69, 9.17) is 4.74 Å². The maximum Gasteiger partial charge on any atom is 0.0953 e. The lowest BCUT2D eigenvalue weighted by molar-refractivity contribution is 0.134. The molecule has 1 aliphatic heterocycles. The lowest BCUT2D eigenvalue weighted by atomic mass is 9.95. The number of hydrogen-bond donors (Lipinski definition) is 0. The molecule has 1 heterocycles. The molecular formula is C18H26O. The number of aryl methyl sites for hydroxylation is 4. The molecule has 1 nitrogen and oxygen atoms in total. The molecule has 0 N–H and O–H groups in total. The van der Waals surface area contributed by atoms with Crippen molar-refractivity contribution in [1.29, 1.82) is 0 Å². The van der Waals surface area contributed by atoms with E-state index in [1.165, 1.54) is 59.9 Å². The summed E-state index contributed by atoms with van der Waals surface area (Å²) >= 11 is 0. The summed E-state index contributed by atoms with van der Waals surface area (Å²) in [4.78, 5) is 0. The Hall–Kier alpha value is -1.24. The van der Waals surface area contributed by atoms with Gasteiger partial charge in [-0.25, -0.2) is 0 Å². The van der Waals surface area contributed by atoms with Gasteiger partial charge < -0.3 is 4.74 Å². The van der Waals surface area contributed by atoms with Gasteiger partial charge in [0.25, 0.3) is 0 Å². The molecule has 0 bridgehead atoms. The average molecular weight is 258 g/mol. The van der Waals surface area contributed by atoms with E-state index >= 15 is 0 Å². The second kappa shape index (κ2) is 6.27. The molecule has 1 atom stereocenters. The van der Waals surface area contributed by atoms with Gasteiger partial charge in [0.05, 0.1) is 12.4 Å². The Morgan fingerprint density at radius 2 is 1.79 bits per heavy atom. The highest BCUT2D eigenvalue weighted by Gasteiger charge is 2.10. The predicted octanol–water partition coefficient (Wildman–Crippen LogP) is 5.02. The predicted molar refractivity (Wildman–Crippen MR) is 81.5 cm³/mol. The highest BCUT2D eigenvalue weighted by atomic mass is 16.5. The van der Waals surface area contributed by atoms with Crippen LogP contribution in [-0.2, 0) is 11.2 Å². The third-order valence-corrected chi connectivity index (χ3v) is 4.24. The van der Waals surface area contributed by atoms with Crippen LogP contribution in [0.1, 0.15) is 54.9 Å². The summed E-state index contributed by atoms with van der Waals surface area (Å²) in [5.41, 5.74) is 7.24. The molecule has 104 valence electrons. The van der Waals surface area contributed by atoms with Gasteiger partial charge in [0.15, 0.2) is 0 Å². The Morgan fingerprint density at radius 3 is 2.47 bits per heavy atom. The Morgan fingerprint density at radius 1 is 1.05 bits per heavy atom. The van der Waals surface area contributed by atoms with E-state index in [1.807, 2.05) is 6.26 Å². The minimum atomic E-state index is 0.408. The summed E-state index contributed by atoms with van der Waals surface area (Å²) in [5, 5.41) is 0. The van der Waals surface area contributed by atoms with Gasteiger partial charge in [0.1, 0.15) is 0 Å². The zero-order valence-electron chi connectivity index (χ0n) is 12.8. The molecule has 19 heavy (non-hydrogen) atoms. The Kier molecular flexibility index (Phi) is 4.68. The standard InChI is InChI=1S/C18H26O/c1-13-10-15(3)18(11-14(13)2)7-5-6-17-9-8-16(4)19-12-17/h10-12,16H,5-9H2,1-4H3. The quantitative estimate of drug-likeness (QED) is 0.737. The zero-order chi connectivity index (χ0) is 13.8. The first-order chi connectivity index (χ1) is 9.06. The van der Waals surface area contributed by atoms with Crippen LogP contribution in [0.25, 0.3) is 0 Å². The third kappa shape index (κ3) is 3.86. The fourth-order valence-electron chi connectivity index (χ4n) is 2.71. The van der Waals surface area contributed by atoms with Gasteiger partial charge in [-0.3, -0.25) is 0 Å². The third-order valence-electron chi connectivity index (χ3n) is 4.24. The molecule has 0 spiro atoms. The topological polar surface area (TPSA) is 9.23 Å². The molecule has 0 saturated heterocycles. The molecule has 1 heteroatoms. The summed E-state index contributed by atoms with van der Waals surface area (Å²) in [6.45, 7) is 8.77. The molecule has 1 aromatic rings. The Bertz CT molecular complexity index is 471. The Labute approximate surface area is 117 Å². The van der Waals surface area contributed by atoms with Crippen molar-refractivity contribution in [1.82, 2.24) is 0 Å². The van der Waals surface area contributed by atoms with Crippen LogP contribution in [-0.4, -0.2) is 6.10 Å². The second-order valence-electron chi connectivity index (χ2n) is 5.98. The maximum atomic E-state index is 5.59. The highest BCUT2D eigenvalue weighted by Crippen LogP contribution is 2.23. The number of hydrogen-bond acceptors (Lipinski definition) is 1. The molecule has 0 aliphatic carbocycles. The van der Waals surface area contributed by atoms with Crippen molar-refractivity contribution in [2.45, 2.75) is 65.9 Å². The van der Waals surface area contributed by atoms with Crippen molar-refractivity contribution in [3.05, 3.63) is 46.2 Å². The fraction of sp³-hybridized carbons (Fsp3) is 0.556. The van der Waals surface area contributed by atoms with E-state index in [-0.39, 0.29) is 0 Å². The lowest BCUT2D eigenvalue weighted by Gasteiger charge is -2.19. The lowest BCUT2D eigenvalue weighted by Crippen LogP contribution is -2.10. The monoisotopic (exact) mass is 258 g/mol. The van der Waals surface area contributed by atoms with Gasteiger partial charge in [-0.15, -0.1) is 0 Å². The molecule has 1 unspecified atom stereocenters. The smallest absolute Gasteiger partial charge is 0.0953 e. The van der Waals surface area contributed by atoms with E-state index in [0.717, 1.165) is 0 Å². The van der Waals surface area contributed by atoms with Crippen molar-refractivity contribution < 1.29 is 4.74 Å². The van der Waals surface area contributed by atoms with Crippen LogP contribution in [0.2, 0.25) is 0 Å². The molecule has 1 aliphatic rings. The van der Waals surface area contributed by atoms with Gasteiger partial charge in [0.2, 0.25) is 0 Å². The molecule has 0 saturated carbocycles. The van der Waals surface area contributed by atoms with Gasteiger partial charge >= 0.3 is 0 Å². The number of allylic oxidation sites excluding steroid dienone is 1. The van der Waals surface area contributed by atoms with Crippen LogP contribution in [0.5, 0.6) is 0 Å². The second-order valence-corrected chi connectivity index (χ2v) is 5.98. The van der Waals surface area contributed by atoms with Crippen molar-refractivity contribution in [3.63, 3.8) is 0 Å². The zero-order valence-corrected chi connectivity index (χ0v) is 12.8. The van der Waals surface area contributed by atoms with Crippen molar-refractivity contribution >= 4 is 0 Å². The van der Waals surface area contributed by atoms with Gasteiger partial charge in [-0.05, 0) is 87.6 Å². The molecule has 0 fully saturated rings. The number of rotatable bonds is 4. The van der Waals surface area contributed by atoms with E-state index in [2.05, 4.69) is 39.8 Å². The van der Waals surface area contributed by atoms with Gasteiger partial charge in [-0.1, -0.05) is 12.1 Å². The molecule has 0 radical (unpaired) electrons. The number of ether oxygens (including phenoxy) is 1. The first-order valence-corrected chi connectivity index (χ1v) is 7.46. The molecule has 0 amide bonds. The van der Waals surface area contributed by atoms with Crippen LogP contribution in [0, 0.1) is 20.8 Å². The van der Waals surface area contributed by atoms with E-state index in [0.29, 0.717) is 6.10 Å². The largest absolute Gasteiger partial charge is 0.498 e. The highest BCUT2D eigenvalue weighted by molar-refractivity contribution is 5.36. The normalized spacial score (nSPS) is 18.9. The fourth-order valence-corrected chi connectivity index (χ4v) is 2.71. The van der Waals surface area contributed by atoms with Crippen LogP contribution < -0.4 is 0 Å². The minimum absolute atomic E-state index is 0.408. The SMILES string of the molecule is Cc1cc(C)c(CCCC2=COC(C)CC2)cc1C. The first kappa shape index (κ1) is 14.2. The van der Waals surface area contributed by atoms with Gasteiger partial charge in [0, 0.05) is 0 Å². The molecule has 2 rings (SSSR count). The van der Waals surface area contributed by atoms with E-state index < -0.39 is 0 Å². The van der Waals surface area contributed by atoms with Crippen LogP contribution in [0.3, 0.4) is 0 Å². The van der Waals surface area contributed by atoms with Crippen LogP contribution in [0.15, 0.2) is 24.0 Å². The molecule has 1 aromatic carbocycles. The van der Waals surface area contributed by atoms with E-state index in [9.17, 15) is 0 Å². The number of benzene rings is 1. The van der Waals surface area contributed by atoms with Crippen molar-refractivity contribution in [2.75, 3.05) is 0 Å². The minimum Gasteiger partial charge on any atom is -0.498 e. The summed E-state index contributed by atoms with van der Waals surface area (Å²) in [7, 11) is 0. The molecule has 0 aromatic heterocycles. The van der Waals surface area contributed by atoms with Crippen LogP contribution >= 0.6 is 0 Å². The summed E-state index contributed by atoms with van der Waals surface area (Å²) in [5.74, 6) is 0. The maximum absolute atomic E-state index is 5.59. The first-order valence-electron chi connectivity index (χ1n) is 7.46. The van der Waals surface area contributed by atoms with Crippen molar-refractivity contribution in [3.8, 4) is 0 Å². The van der Waals surface area contributed by atoms with Crippen LogP contribution in [0.4, 0.5) is 0 Å². The average Bonchev–Trinajstić information content (AvgIpc) is 2.38. The summed E-state index contributed by atoms with van der Waals surface area (Å²) < 4.78 is 5.59. The van der Waals surface area contributed by atoms with E-state index in [1.54, 1.807) is 0 Å². The summed E-state index contributed by atoms with van der Waals surface area (Å²) in [6.07, 6.45) is 8.39. The molecular weight excluding hydrogens is 232 g/mol. The Balaban J connectivity index is 1.88. The van der Waals surface area contributed by atoms with Crippen molar-refractivity contribution in [2.24, 2.45) is 0 Å². The summed E-state index contributed by atoms with van der Waals surface area (Å²) in [6, 6.07) is 4.67. The van der Waals surface area contributed by atoms with Gasteiger partial charge in [-0.2, -0.15) is 0 Å².